The average Bonchev–Trinajstić information content (AvgIpc) is 2.87. The molecule has 0 aliphatic heterocycles. The summed E-state index contributed by atoms with van der Waals surface area (Å²) in [7, 11) is 0. The molecule has 6 nitrogen and oxygen atoms in total. The van der Waals surface area contributed by atoms with E-state index in [4.69, 9.17) is 4.42 Å². The number of anilines is 1. The first kappa shape index (κ1) is 10.6. The van der Waals surface area contributed by atoms with Gasteiger partial charge in [-0.05, 0) is 19.1 Å². The number of nitrogens with zero attached hydrogens (tertiary/aromatic N) is 2. The number of aromatic nitrogens is 2. The Morgan fingerprint density at radius 3 is 3.06 bits per heavy atom. The molecule has 0 radical (unpaired) electrons. The van der Waals surface area contributed by atoms with Gasteiger partial charge in [-0.15, -0.1) is 10.2 Å². The molecule has 2 heterocycles. The molecule has 2 rings (SSSR count). The topological polar surface area (TPSA) is 80.0 Å². The number of amides is 2. The molecule has 84 valence electrons. The number of nitrogens with one attached hydrogen (secondary N) is 2. The third kappa shape index (κ3) is 2.80. The molecule has 0 aliphatic rings. The Bertz CT molecular complexity index is 466. The number of aryl methyl sites for hydroxylation is 1. The number of furan rings is 1. The van der Waals surface area contributed by atoms with E-state index in [-0.39, 0.29) is 6.03 Å². The van der Waals surface area contributed by atoms with Crippen molar-refractivity contribution in [3.05, 3.63) is 29.2 Å². The van der Waals surface area contributed by atoms with E-state index in [1.54, 1.807) is 18.4 Å². The van der Waals surface area contributed by atoms with E-state index in [1.165, 1.54) is 11.3 Å². The normalized spacial score (nSPS) is 10.1. The summed E-state index contributed by atoms with van der Waals surface area (Å²) in [6.07, 6.45) is 1.56. The van der Waals surface area contributed by atoms with Crippen LogP contribution in [0.2, 0.25) is 0 Å². The Labute approximate surface area is 95.7 Å². The molecule has 0 bridgehead atoms. The number of hydrogen-bond donors (Lipinski definition) is 2. The lowest BCUT2D eigenvalue weighted by molar-refractivity contribution is 0.251. The maximum Gasteiger partial charge on any atom is 0.321 e. The summed E-state index contributed by atoms with van der Waals surface area (Å²) >= 11 is 1.32. The van der Waals surface area contributed by atoms with Crippen LogP contribution in [0.3, 0.4) is 0 Å². The summed E-state index contributed by atoms with van der Waals surface area (Å²) in [5.41, 5.74) is 0. The molecule has 16 heavy (non-hydrogen) atoms. The molecule has 0 aromatic carbocycles. The predicted octanol–water partition coefficient (Wildman–Crippen LogP) is 1.76. The van der Waals surface area contributed by atoms with Crippen LogP contribution in [0.5, 0.6) is 0 Å². The van der Waals surface area contributed by atoms with Crippen LogP contribution in [0.15, 0.2) is 22.8 Å². The SMILES string of the molecule is Cc1nnc(NC(=O)NCc2ccco2)s1. The third-order valence-corrected chi connectivity index (χ3v) is 2.50. The van der Waals surface area contributed by atoms with Gasteiger partial charge in [0, 0.05) is 0 Å². The molecular weight excluding hydrogens is 228 g/mol. The lowest BCUT2D eigenvalue weighted by atomic mass is 10.4. The first-order valence-electron chi connectivity index (χ1n) is 4.61. The van der Waals surface area contributed by atoms with Crippen molar-refractivity contribution in [1.82, 2.24) is 15.5 Å². The van der Waals surface area contributed by atoms with Gasteiger partial charge in [0.1, 0.15) is 10.8 Å². The van der Waals surface area contributed by atoms with Gasteiger partial charge in [-0.25, -0.2) is 4.79 Å². The van der Waals surface area contributed by atoms with Crippen molar-refractivity contribution in [2.24, 2.45) is 0 Å². The van der Waals surface area contributed by atoms with Gasteiger partial charge in [0.05, 0.1) is 12.8 Å². The molecule has 0 fully saturated rings. The molecule has 0 unspecified atom stereocenters. The van der Waals surface area contributed by atoms with Crippen LogP contribution in [0.4, 0.5) is 9.93 Å². The van der Waals surface area contributed by atoms with Crippen LogP contribution in [0.25, 0.3) is 0 Å². The quantitative estimate of drug-likeness (QED) is 0.853. The van der Waals surface area contributed by atoms with E-state index < -0.39 is 0 Å². The minimum Gasteiger partial charge on any atom is -0.467 e. The highest BCUT2D eigenvalue weighted by Crippen LogP contribution is 2.13. The van der Waals surface area contributed by atoms with E-state index in [0.717, 1.165) is 5.01 Å². The number of rotatable bonds is 3. The van der Waals surface area contributed by atoms with E-state index >= 15 is 0 Å². The van der Waals surface area contributed by atoms with E-state index in [2.05, 4.69) is 20.8 Å². The molecule has 0 spiro atoms. The number of urea groups is 1. The highest BCUT2D eigenvalue weighted by molar-refractivity contribution is 7.15. The molecule has 2 N–H and O–H groups in total. The fourth-order valence-electron chi connectivity index (χ4n) is 1.07. The Balaban J connectivity index is 1.81. The second kappa shape index (κ2) is 4.75. The summed E-state index contributed by atoms with van der Waals surface area (Å²) in [5.74, 6) is 0.698. The summed E-state index contributed by atoms with van der Waals surface area (Å²) < 4.78 is 5.07. The molecule has 2 amide bonds. The van der Waals surface area contributed by atoms with Crippen molar-refractivity contribution in [2.75, 3.05) is 5.32 Å². The first-order valence-corrected chi connectivity index (χ1v) is 5.43. The molecular formula is C9H10N4O2S. The fraction of sp³-hybridized carbons (Fsp3) is 0.222. The van der Waals surface area contributed by atoms with Gasteiger partial charge >= 0.3 is 6.03 Å². The van der Waals surface area contributed by atoms with Crippen molar-refractivity contribution in [1.29, 1.82) is 0 Å². The molecule has 0 saturated carbocycles. The summed E-state index contributed by atoms with van der Waals surface area (Å²) in [4.78, 5) is 11.4. The molecule has 0 saturated heterocycles. The van der Waals surface area contributed by atoms with Crippen molar-refractivity contribution < 1.29 is 9.21 Å². The molecule has 7 heteroatoms. The zero-order chi connectivity index (χ0) is 11.4. The smallest absolute Gasteiger partial charge is 0.321 e. The Hall–Kier alpha value is -1.89. The molecule has 2 aromatic heterocycles. The monoisotopic (exact) mass is 238 g/mol. The van der Waals surface area contributed by atoms with E-state index in [1.807, 2.05) is 6.92 Å². The number of carbonyl (C=O) groups excluding carboxylic acids is 1. The number of carbonyl (C=O) groups is 1. The standard InChI is InChI=1S/C9H10N4O2S/c1-6-12-13-9(16-6)11-8(14)10-5-7-3-2-4-15-7/h2-4H,5H2,1H3,(H2,10,11,13,14). The second-order valence-electron chi connectivity index (χ2n) is 3.01. The minimum atomic E-state index is -0.326. The van der Waals surface area contributed by atoms with Crippen molar-refractivity contribution >= 4 is 22.5 Å². The van der Waals surface area contributed by atoms with Crippen LogP contribution in [0, 0.1) is 6.92 Å². The van der Waals surface area contributed by atoms with Crippen LogP contribution >= 0.6 is 11.3 Å². The lowest BCUT2D eigenvalue weighted by Gasteiger charge is -2.02. The number of hydrogen-bond acceptors (Lipinski definition) is 5. The zero-order valence-electron chi connectivity index (χ0n) is 8.56. The van der Waals surface area contributed by atoms with Gasteiger partial charge in [0.25, 0.3) is 0 Å². The van der Waals surface area contributed by atoms with Crippen LogP contribution in [-0.4, -0.2) is 16.2 Å². The van der Waals surface area contributed by atoms with Crippen LogP contribution in [-0.2, 0) is 6.54 Å². The van der Waals surface area contributed by atoms with Crippen molar-refractivity contribution in [2.45, 2.75) is 13.5 Å². The largest absolute Gasteiger partial charge is 0.467 e. The van der Waals surface area contributed by atoms with Crippen molar-refractivity contribution in [3.8, 4) is 0 Å². The highest BCUT2D eigenvalue weighted by Gasteiger charge is 2.05. The van der Waals surface area contributed by atoms with Crippen LogP contribution in [0.1, 0.15) is 10.8 Å². The zero-order valence-corrected chi connectivity index (χ0v) is 9.37. The molecule has 2 aromatic rings. The van der Waals surface area contributed by atoms with Crippen LogP contribution < -0.4 is 10.6 Å². The van der Waals surface area contributed by atoms with Gasteiger partial charge in [0.2, 0.25) is 5.13 Å². The minimum absolute atomic E-state index is 0.326. The van der Waals surface area contributed by atoms with Crippen molar-refractivity contribution in [3.63, 3.8) is 0 Å². The Morgan fingerprint density at radius 1 is 1.56 bits per heavy atom. The average molecular weight is 238 g/mol. The lowest BCUT2D eigenvalue weighted by Crippen LogP contribution is -2.27. The summed E-state index contributed by atoms with van der Waals surface area (Å²) in [5, 5.41) is 14.1. The Morgan fingerprint density at radius 2 is 2.44 bits per heavy atom. The summed E-state index contributed by atoms with van der Waals surface area (Å²) in [6.45, 7) is 2.17. The Kier molecular flexibility index (Phi) is 3.16. The van der Waals surface area contributed by atoms with Gasteiger partial charge in [-0.1, -0.05) is 11.3 Å². The first-order chi connectivity index (χ1) is 7.74. The maximum atomic E-state index is 11.4. The molecule has 0 aliphatic carbocycles. The van der Waals surface area contributed by atoms with Gasteiger partial charge in [0.15, 0.2) is 0 Å². The van der Waals surface area contributed by atoms with Gasteiger partial charge < -0.3 is 9.73 Å². The predicted molar refractivity (Wildman–Crippen MR) is 59.2 cm³/mol. The van der Waals surface area contributed by atoms with Gasteiger partial charge in [-0.2, -0.15) is 0 Å². The summed E-state index contributed by atoms with van der Waals surface area (Å²) in [6, 6.07) is 3.23. The molecule has 0 atom stereocenters. The third-order valence-electron chi connectivity index (χ3n) is 1.75. The fourth-order valence-corrected chi connectivity index (χ4v) is 1.66. The van der Waals surface area contributed by atoms with E-state index in [0.29, 0.717) is 17.4 Å². The maximum absolute atomic E-state index is 11.4. The highest BCUT2D eigenvalue weighted by atomic mass is 32.1. The van der Waals surface area contributed by atoms with E-state index in [9.17, 15) is 4.79 Å². The van der Waals surface area contributed by atoms with Gasteiger partial charge in [-0.3, -0.25) is 5.32 Å². The second-order valence-corrected chi connectivity index (χ2v) is 4.19.